The molecule has 0 aromatic carbocycles. The zero-order valence-electron chi connectivity index (χ0n) is 19.6. The summed E-state index contributed by atoms with van der Waals surface area (Å²) >= 11 is 0. The van der Waals surface area contributed by atoms with Crippen LogP contribution in [0.2, 0.25) is 18.1 Å². The molecule has 3 aliphatic rings. The van der Waals surface area contributed by atoms with Gasteiger partial charge in [-0.15, -0.1) is 0 Å². The van der Waals surface area contributed by atoms with Crippen LogP contribution < -0.4 is 0 Å². The van der Waals surface area contributed by atoms with Gasteiger partial charge in [0.2, 0.25) is 8.32 Å². The van der Waals surface area contributed by atoms with E-state index >= 15 is 0 Å². The van der Waals surface area contributed by atoms with Crippen LogP contribution in [-0.2, 0) is 14.0 Å². The maximum absolute atomic E-state index is 13.3. The molecule has 2 fully saturated rings. The third-order valence-electron chi connectivity index (χ3n) is 8.99. The van der Waals surface area contributed by atoms with Gasteiger partial charge in [0.15, 0.2) is 5.78 Å². The quantitative estimate of drug-likeness (QED) is 0.619. The lowest BCUT2D eigenvalue weighted by atomic mass is 9.52. The molecule has 0 aliphatic heterocycles. The van der Waals surface area contributed by atoms with Crippen LogP contribution in [0.25, 0.3) is 0 Å². The van der Waals surface area contributed by atoms with Crippen LogP contribution in [0.4, 0.5) is 0 Å². The third-order valence-corrected chi connectivity index (χ3v) is 13.4. The predicted molar refractivity (Wildman–Crippen MR) is 118 cm³/mol. The first-order valence-corrected chi connectivity index (χ1v) is 14.2. The van der Waals surface area contributed by atoms with E-state index in [1.54, 1.807) is 0 Å². The maximum atomic E-state index is 13.3. The lowest BCUT2D eigenvalue weighted by Gasteiger charge is -2.53. The lowest BCUT2D eigenvalue weighted by Crippen LogP contribution is -2.54. The SMILES string of the molecule is CC1(C)[C@@H]2CC=C(O[Si](C)(C)C(C)(C)C)[C@H]1C[C@@H]1C(=O)[C@@H](O)CC[C@@]1(C)C(=O)C2. The van der Waals surface area contributed by atoms with Gasteiger partial charge in [-0.1, -0.05) is 41.5 Å². The molecular weight excluding hydrogens is 380 g/mol. The molecule has 2 saturated carbocycles. The molecule has 0 amide bonds. The van der Waals surface area contributed by atoms with Crippen LogP contribution in [0.5, 0.6) is 0 Å². The minimum atomic E-state index is -2.02. The Bertz CT molecular complexity index is 730. The molecule has 3 aliphatic carbocycles. The molecule has 5 heteroatoms. The summed E-state index contributed by atoms with van der Waals surface area (Å²) in [6.45, 7) is 17.7. The van der Waals surface area contributed by atoms with Crippen molar-refractivity contribution < 1.29 is 19.1 Å². The van der Waals surface area contributed by atoms with Gasteiger partial charge < -0.3 is 9.53 Å². The molecule has 0 aromatic rings. The molecule has 0 aromatic heterocycles. The molecule has 1 N–H and O–H groups in total. The van der Waals surface area contributed by atoms with Crippen molar-refractivity contribution in [3.8, 4) is 0 Å². The standard InChI is InChI=1S/C24H40O4Si/c1-22(2,3)29(7,8)28-19-10-9-15-13-20(26)24(6)12-11-18(25)21(27)17(24)14-16(19)23(15,4)5/h10,15-18,25H,9,11-14H2,1-8H3/t15-,16-,17-,18+,24-/m1/s1. The number of aliphatic hydroxyl groups is 1. The van der Waals surface area contributed by atoms with E-state index in [1.807, 2.05) is 6.92 Å². The van der Waals surface area contributed by atoms with Crippen molar-refractivity contribution in [1.29, 1.82) is 0 Å². The predicted octanol–water partition coefficient (Wildman–Crippen LogP) is 5.26. The normalized spacial score (nSPS) is 37.9. The molecule has 4 nitrogen and oxygen atoms in total. The number of hydrogen-bond donors (Lipinski definition) is 1. The van der Waals surface area contributed by atoms with Gasteiger partial charge in [0, 0.05) is 23.7 Å². The number of carbonyl (C=O) groups is 2. The van der Waals surface area contributed by atoms with Gasteiger partial charge in [-0.2, -0.15) is 0 Å². The van der Waals surface area contributed by atoms with Gasteiger partial charge >= 0.3 is 0 Å². The minimum absolute atomic E-state index is 0.0950. The van der Waals surface area contributed by atoms with E-state index in [0.29, 0.717) is 25.7 Å². The van der Waals surface area contributed by atoms with E-state index in [9.17, 15) is 14.7 Å². The van der Waals surface area contributed by atoms with Gasteiger partial charge in [0.25, 0.3) is 0 Å². The fraction of sp³-hybridized carbons (Fsp3) is 0.833. The molecule has 3 rings (SSSR count). The number of rotatable bonds is 2. The fourth-order valence-electron chi connectivity index (χ4n) is 5.38. The largest absolute Gasteiger partial charge is 0.547 e. The topological polar surface area (TPSA) is 63.6 Å². The highest BCUT2D eigenvalue weighted by Gasteiger charge is 2.57. The van der Waals surface area contributed by atoms with Crippen molar-refractivity contribution in [2.75, 3.05) is 0 Å². The molecule has 29 heavy (non-hydrogen) atoms. The molecule has 2 bridgehead atoms. The van der Waals surface area contributed by atoms with Crippen molar-refractivity contribution in [1.82, 2.24) is 0 Å². The van der Waals surface area contributed by atoms with Crippen LogP contribution in [0.3, 0.4) is 0 Å². The molecule has 0 radical (unpaired) electrons. The average molecular weight is 421 g/mol. The Labute approximate surface area is 177 Å². The summed E-state index contributed by atoms with van der Waals surface area (Å²) in [6, 6.07) is 0. The Kier molecular flexibility index (Phi) is 5.52. The lowest BCUT2D eigenvalue weighted by molar-refractivity contribution is -0.155. The summed E-state index contributed by atoms with van der Waals surface area (Å²) in [5, 5.41) is 10.4. The number of carbonyl (C=O) groups excluding carboxylic acids is 2. The zero-order valence-corrected chi connectivity index (χ0v) is 20.6. The summed E-state index contributed by atoms with van der Waals surface area (Å²) < 4.78 is 6.80. The van der Waals surface area contributed by atoms with Crippen molar-refractivity contribution >= 4 is 19.9 Å². The number of Topliss-reactive ketones (excluding diaryl/α,β-unsaturated/α-hetero) is 2. The number of fused-ring (bicyclic) bond motifs is 3. The Balaban J connectivity index is 2.04. The van der Waals surface area contributed by atoms with E-state index in [4.69, 9.17) is 4.43 Å². The first kappa shape index (κ1) is 22.7. The average Bonchev–Trinajstić information content (AvgIpc) is 2.58. The molecule has 164 valence electrons. The maximum Gasteiger partial charge on any atom is 0.250 e. The number of ketones is 2. The van der Waals surface area contributed by atoms with E-state index in [0.717, 1.165) is 12.2 Å². The Morgan fingerprint density at radius 1 is 1.14 bits per heavy atom. The zero-order chi connectivity index (χ0) is 22.0. The van der Waals surface area contributed by atoms with Gasteiger partial charge in [-0.3, -0.25) is 9.59 Å². The summed E-state index contributed by atoms with van der Waals surface area (Å²) in [7, 11) is -2.02. The van der Waals surface area contributed by atoms with Gasteiger partial charge in [-0.05, 0) is 61.2 Å². The third kappa shape index (κ3) is 3.67. The minimum Gasteiger partial charge on any atom is -0.547 e. The van der Waals surface area contributed by atoms with Crippen molar-refractivity contribution in [2.45, 2.75) is 97.9 Å². The second-order valence-corrected chi connectivity index (χ2v) is 16.8. The van der Waals surface area contributed by atoms with Crippen LogP contribution in [0, 0.1) is 28.6 Å². The van der Waals surface area contributed by atoms with E-state index in [2.05, 4.69) is 53.8 Å². The van der Waals surface area contributed by atoms with Gasteiger partial charge in [0.05, 0.1) is 5.76 Å². The Morgan fingerprint density at radius 3 is 2.34 bits per heavy atom. The monoisotopic (exact) mass is 420 g/mol. The molecular formula is C24H40O4Si. The van der Waals surface area contributed by atoms with E-state index < -0.39 is 25.8 Å². The summed E-state index contributed by atoms with van der Waals surface area (Å²) in [5.41, 5.74) is -0.769. The molecule has 0 heterocycles. The Morgan fingerprint density at radius 2 is 1.76 bits per heavy atom. The van der Waals surface area contributed by atoms with Gasteiger partial charge in [0.1, 0.15) is 11.9 Å². The molecule has 0 saturated heterocycles. The number of allylic oxidation sites excluding steroid dienone is 2. The van der Waals surface area contributed by atoms with Gasteiger partial charge in [-0.25, -0.2) is 0 Å². The highest BCUT2D eigenvalue weighted by atomic mass is 28.4. The van der Waals surface area contributed by atoms with E-state index in [1.165, 1.54) is 0 Å². The summed E-state index contributed by atoms with van der Waals surface area (Å²) in [6.07, 6.45) is 4.25. The second-order valence-electron chi connectivity index (χ2n) is 12.1. The van der Waals surface area contributed by atoms with Crippen molar-refractivity contribution in [3.63, 3.8) is 0 Å². The fourth-order valence-corrected chi connectivity index (χ4v) is 6.51. The van der Waals surface area contributed by atoms with Crippen LogP contribution in [-0.4, -0.2) is 31.1 Å². The summed E-state index contributed by atoms with van der Waals surface area (Å²) in [5.74, 6) is 1.05. The van der Waals surface area contributed by atoms with Crippen molar-refractivity contribution in [3.05, 3.63) is 11.8 Å². The van der Waals surface area contributed by atoms with Crippen LogP contribution in [0.1, 0.15) is 73.6 Å². The smallest absolute Gasteiger partial charge is 0.250 e. The molecule has 5 atom stereocenters. The second kappa shape index (κ2) is 7.05. The first-order valence-electron chi connectivity index (χ1n) is 11.3. The highest BCUT2D eigenvalue weighted by Crippen LogP contribution is 2.57. The van der Waals surface area contributed by atoms with Crippen molar-refractivity contribution in [2.24, 2.45) is 28.6 Å². The number of hydrogen-bond acceptors (Lipinski definition) is 4. The number of aliphatic hydroxyl groups excluding tert-OH is 1. The highest BCUT2D eigenvalue weighted by molar-refractivity contribution is 6.74. The van der Waals surface area contributed by atoms with Crippen LogP contribution >= 0.6 is 0 Å². The first-order chi connectivity index (χ1) is 13.1. The van der Waals surface area contributed by atoms with Crippen LogP contribution in [0.15, 0.2) is 11.8 Å². The molecule has 0 unspecified atom stereocenters. The Hall–Kier alpha value is -0.943. The van der Waals surface area contributed by atoms with E-state index in [-0.39, 0.29) is 33.9 Å². The molecule has 0 spiro atoms. The summed E-state index contributed by atoms with van der Waals surface area (Å²) in [4.78, 5) is 26.4.